The van der Waals surface area contributed by atoms with Gasteiger partial charge < -0.3 is 14.9 Å². The fourth-order valence-corrected chi connectivity index (χ4v) is 1.22. The van der Waals surface area contributed by atoms with Crippen molar-refractivity contribution >= 4 is 5.97 Å². The van der Waals surface area contributed by atoms with Crippen molar-refractivity contribution in [3.63, 3.8) is 0 Å². The van der Waals surface area contributed by atoms with Gasteiger partial charge in [-0.05, 0) is 31.0 Å². The molecule has 0 radical (unpaired) electrons. The van der Waals surface area contributed by atoms with Gasteiger partial charge in [-0.1, -0.05) is 19.1 Å². The van der Waals surface area contributed by atoms with Crippen LogP contribution in [-0.4, -0.2) is 28.4 Å². The summed E-state index contributed by atoms with van der Waals surface area (Å²) in [6.07, 6.45) is 0.622. The van der Waals surface area contributed by atoms with Gasteiger partial charge >= 0.3 is 5.97 Å². The summed E-state index contributed by atoms with van der Waals surface area (Å²) in [6.45, 7) is 3.83. The molecule has 0 spiro atoms. The molecule has 4 nitrogen and oxygen atoms in total. The number of hydrogen-bond acceptors (Lipinski definition) is 3. The highest BCUT2D eigenvalue weighted by atomic mass is 16.5. The summed E-state index contributed by atoms with van der Waals surface area (Å²) in [7, 11) is 0. The van der Waals surface area contributed by atoms with Gasteiger partial charge in [-0.15, -0.1) is 0 Å². The summed E-state index contributed by atoms with van der Waals surface area (Å²) in [5.74, 6) is -0.222. The van der Waals surface area contributed by atoms with Crippen LogP contribution >= 0.6 is 0 Å². The molecular formula is C13H18O4. The summed E-state index contributed by atoms with van der Waals surface area (Å²) in [5, 5.41) is 18.4. The molecule has 1 aromatic carbocycles. The molecule has 1 unspecified atom stereocenters. The normalized spacial score (nSPS) is 14.1. The van der Waals surface area contributed by atoms with Gasteiger partial charge in [0, 0.05) is 0 Å². The Bertz CT molecular complexity index is 368. The van der Waals surface area contributed by atoms with E-state index in [0.29, 0.717) is 12.2 Å². The van der Waals surface area contributed by atoms with E-state index < -0.39 is 11.6 Å². The minimum atomic E-state index is -0.854. The van der Waals surface area contributed by atoms with E-state index in [9.17, 15) is 9.90 Å². The largest absolute Gasteiger partial charge is 0.491 e. The van der Waals surface area contributed by atoms with Crippen molar-refractivity contribution in [2.45, 2.75) is 32.3 Å². The van der Waals surface area contributed by atoms with Crippen LogP contribution in [0.25, 0.3) is 0 Å². The van der Waals surface area contributed by atoms with Gasteiger partial charge in [0.1, 0.15) is 12.4 Å². The summed E-state index contributed by atoms with van der Waals surface area (Å²) >= 11 is 0. The van der Waals surface area contributed by atoms with Crippen LogP contribution in [0.4, 0.5) is 0 Å². The van der Waals surface area contributed by atoms with Crippen LogP contribution in [0.1, 0.15) is 25.8 Å². The Kier molecular flexibility index (Phi) is 4.52. The first-order valence-electron chi connectivity index (χ1n) is 5.59. The number of benzene rings is 1. The lowest BCUT2D eigenvalue weighted by Crippen LogP contribution is -2.31. The van der Waals surface area contributed by atoms with Crippen molar-refractivity contribution in [1.29, 1.82) is 0 Å². The Morgan fingerprint density at radius 1 is 1.35 bits per heavy atom. The average Bonchev–Trinajstić information content (AvgIpc) is 2.28. The molecule has 17 heavy (non-hydrogen) atoms. The topological polar surface area (TPSA) is 66.8 Å². The van der Waals surface area contributed by atoms with Gasteiger partial charge in [0.15, 0.2) is 0 Å². The van der Waals surface area contributed by atoms with E-state index in [-0.39, 0.29) is 13.0 Å². The molecule has 0 heterocycles. The third-order valence-electron chi connectivity index (χ3n) is 2.59. The molecule has 0 fully saturated rings. The number of ether oxygens (including phenoxy) is 1. The molecular weight excluding hydrogens is 220 g/mol. The van der Waals surface area contributed by atoms with Crippen molar-refractivity contribution in [2.24, 2.45) is 0 Å². The smallest absolute Gasteiger partial charge is 0.307 e. The molecule has 0 saturated heterocycles. The number of aliphatic carboxylic acids is 1. The molecule has 0 bridgehead atoms. The maximum atomic E-state index is 10.5. The maximum absolute atomic E-state index is 10.5. The van der Waals surface area contributed by atoms with Gasteiger partial charge in [0.2, 0.25) is 0 Å². The highest BCUT2D eigenvalue weighted by Crippen LogP contribution is 2.16. The third-order valence-corrected chi connectivity index (χ3v) is 2.59. The van der Waals surface area contributed by atoms with Crippen LogP contribution in [0.2, 0.25) is 0 Å². The van der Waals surface area contributed by atoms with Crippen LogP contribution in [0, 0.1) is 0 Å². The minimum Gasteiger partial charge on any atom is -0.491 e. The Hall–Kier alpha value is -1.55. The molecule has 2 N–H and O–H groups in total. The molecule has 0 aliphatic rings. The SMILES string of the molecule is CCC(C)(O)COc1ccc(CC(=O)O)cc1. The Balaban J connectivity index is 2.54. The van der Waals surface area contributed by atoms with Gasteiger partial charge in [-0.25, -0.2) is 0 Å². The lowest BCUT2D eigenvalue weighted by molar-refractivity contribution is -0.136. The summed E-state index contributed by atoms with van der Waals surface area (Å²) in [4.78, 5) is 10.5. The number of carboxylic acids is 1. The first-order valence-corrected chi connectivity index (χ1v) is 5.59. The molecule has 0 saturated carbocycles. The second kappa shape index (κ2) is 5.68. The molecule has 1 rings (SSSR count). The molecule has 94 valence electrons. The zero-order valence-electron chi connectivity index (χ0n) is 10.1. The summed E-state index contributed by atoms with van der Waals surface area (Å²) in [5.41, 5.74) is -0.105. The van der Waals surface area contributed by atoms with Crippen LogP contribution in [-0.2, 0) is 11.2 Å². The van der Waals surface area contributed by atoms with Crippen LogP contribution in [0.3, 0.4) is 0 Å². The van der Waals surface area contributed by atoms with E-state index in [1.54, 1.807) is 31.2 Å². The molecule has 0 amide bonds. The van der Waals surface area contributed by atoms with Crippen molar-refractivity contribution in [2.75, 3.05) is 6.61 Å². The molecule has 0 aliphatic heterocycles. The lowest BCUT2D eigenvalue weighted by atomic mass is 10.1. The van der Waals surface area contributed by atoms with Gasteiger partial charge in [-0.2, -0.15) is 0 Å². The van der Waals surface area contributed by atoms with E-state index in [1.165, 1.54) is 0 Å². The average molecular weight is 238 g/mol. The zero-order chi connectivity index (χ0) is 12.9. The monoisotopic (exact) mass is 238 g/mol. The van der Waals surface area contributed by atoms with E-state index in [4.69, 9.17) is 9.84 Å². The van der Waals surface area contributed by atoms with Crippen LogP contribution in [0.15, 0.2) is 24.3 Å². The highest BCUT2D eigenvalue weighted by Gasteiger charge is 2.18. The Labute approximate surface area is 101 Å². The fourth-order valence-electron chi connectivity index (χ4n) is 1.22. The predicted octanol–water partition coefficient (Wildman–Crippen LogP) is 1.85. The fraction of sp³-hybridized carbons (Fsp3) is 0.462. The quantitative estimate of drug-likeness (QED) is 0.793. The van der Waals surface area contributed by atoms with Gasteiger partial charge in [-0.3, -0.25) is 4.79 Å². The van der Waals surface area contributed by atoms with Crippen molar-refractivity contribution in [3.05, 3.63) is 29.8 Å². The van der Waals surface area contributed by atoms with E-state index in [1.807, 2.05) is 6.92 Å². The van der Waals surface area contributed by atoms with Crippen molar-refractivity contribution < 1.29 is 19.7 Å². The molecule has 0 aliphatic carbocycles. The highest BCUT2D eigenvalue weighted by molar-refractivity contribution is 5.70. The minimum absolute atomic E-state index is 0.00690. The maximum Gasteiger partial charge on any atom is 0.307 e. The van der Waals surface area contributed by atoms with E-state index in [0.717, 1.165) is 5.56 Å². The Morgan fingerprint density at radius 2 is 1.94 bits per heavy atom. The Morgan fingerprint density at radius 3 is 2.41 bits per heavy atom. The molecule has 0 aromatic heterocycles. The first kappa shape index (κ1) is 13.5. The number of rotatable bonds is 6. The number of carboxylic acid groups (broad SMARTS) is 1. The van der Waals surface area contributed by atoms with Gasteiger partial charge in [0.25, 0.3) is 0 Å². The zero-order valence-corrected chi connectivity index (χ0v) is 10.1. The second-order valence-corrected chi connectivity index (χ2v) is 4.35. The third kappa shape index (κ3) is 4.87. The number of hydrogen-bond donors (Lipinski definition) is 2. The second-order valence-electron chi connectivity index (χ2n) is 4.35. The van der Waals surface area contributed by atoms with Crippen molar-refractivity contribution in [1.82, 2.24) is 0 Å². The van der Waals surface area contributed by atoms with E-state index >= 15 is 0 Å². The molecule has 1 aromatic rings. The molecule has 1 atom stereocenters. The molecule has 4 heteroatoms. The van der Waals surface area contributed by atoms with E-state index in [2.05, 4.69) is 0 Å². The summed E-state index contributed by atoms with van der Waals surface area (Å²) in [6, 6.07) is 6.85. The standard InChI is InChI=1S/C13H18O4/c1-3-13(2,16)9-17-11-6-4-10(5-7-11)8-12(14)15/h4-7,16H,3,8-9H2,1-2H3,(H,14,15). The predicted molar refractivity (Wildman–Crippen MR) is 64.2 cm³/mol. The summed E-state index contributed by atoms with van der Waals surface area (Å²) < 4.78 is 5.42. The van der Waals surface area contributed by atoms with Crippen LogP contribution < -0.4 is 4.74 Å². The first-order chi connectivity index (χ1) is 7.93. The number of aliphatic hydroxyl groups is 1. The van der Waals surface area contributed by atoms with Crippen LogP contribution in [0.5, 0.6) is 5.75 Å². The number of carbonyl (C=O) groups is 1. The van der Waals surface area contributed by atoms with Crippen molar-refractivity contribution in [3.8, 4) is 5.75 Å². The van der Waals surface area contributed by atoms with Gasteiger partial charge in [0.05, 0.1) is 12.0 Å². The lowest BCUT2D eigenvalue weighted by Gasteiger charge is -2.21.